The molecule has 1 atom stereocenters. The Morgan fingerprint density at radius 3 is 2.73 bits per heavy atom. The van der Waals surface area contributed by atoms with Gasteiger partial charge in [-0.05, 0) is 62.0 Å². The number of hydrogen-bond donors (Lipinski definition) is 2. The van der Waals surface area contributed by atoms with E-state index in [1.807, 2.05) is 31.3 Å². The second-order valence-electron chi connectivity index (χ2n) is 9.46. The van der Waals surface area contributed by atoms with Crippen LogP contribution in [0.15, 0.2) is 36.4 Å². The number of amides is 2. The normalized spacial score (nSPS) is 19.6. The van der Waals surface area contributed by atoms with Gasteiger partial charge in [-0.2, -0.15) is 0 Å². The second kappa shape index (κ2) is 8.91. The number of nitrogens with one attached hydrogen (secondary N) is 2. The van der Waals surface area contributed by atoms with Crippen molar-refractivity contribution in [1.29, 1.82) is 0 Å². The molecular weight excluding hydrogens is 434 g/mol. The molecule has 2 aliphatic rings. The summed E-state index contributed by atoms with van der Waals surface area (Å²) < 4.78 is 2.11. The highest BCUT2D eigenvalue weighted by atomic mass is 32.1. The molecule has 33 heavy (non-hydrogen) atoms. The summed E-state index contributed by atoms with van der Waals surface area (Å²) in [5.74, 6) is 1.34. The minimum absolute atomic E-state index is 0.0327. The van der Waals surface area contributed by atoms with Gasteiger partial charge in [0.25, 0.3) is 0 Å². The number of benzene rings is 1. The van der Waals surface area contributed by atoms with Crippen LogP contribution in [0.25, 0.3) is 11.0 Å². The zero-order chi connectivity index (χ0) is 23.0. The van der Waals surface area contributed by atoms with E-state index in [0.29, 0.717) is 6.54 Å². The fraction of sp³-hybridized carbons (Fsp3) is 0.480. The lowest BCUT2D eigenvalue weighted by Gasteiger charge is -2.32. The molecule has 2 fully saturated rings. The van der Waals surface area contributed by atoms with Crippen LogP contribution in [0, 0.1) is 11.3 Å². The molecule has 3 aromatic rings. The summed E-state index contributed by atoms with van der Waals surface area (Å²) in [6.45, 7) is 5.12. The summed E-state index contributed by atoms with van der Waals surface area (Å²) in [5.41, 5.74) is 2.33. The van der Waals surface area contributed by atoms with E-state index >= 15 is 0 Å². The Balaban J connectivity index is 1.07. The van der Waals surface area contributed by atoms with Gasteiger partial charge in [-0.1, -0.05) is 12.1 Å². The molecule has 0 bridgehead atoms. The van der Waals surface area contributed by atoms with Crippen LogP contribution in [0.1, 0.15) is 36.9 Å². The van der Waals surface area contributed by atoms with E-state index in [0.717, 1.165) is 67.2 Å². The highest BCUT2D eigenvalue weighted by molar-refractivity contribution is 7.16. The predicted molar refractivity (Wildman–Crippen MR) is 131 cm³/mol. The van der Waals surface area contributed by atoms with Crippen LogP contribution in [0.4, 0.5) is 5.00 Å². The van der Waals surface area contributed by atoms with Crippen LogP contribution in [0.5, 0.6) is 0 Å². The molecule has 2 N–H and O–H groups in total. The highest BCUT2D eigenvalue weighted by Gasteiger charge is 2.58. The predicted octanol–water partition coefficient (Wildman–Crippen LogP) is 3.55. The fourth-order valence-electron chi connectivity index (χ4n) is 5.19. The lowest BCUT2D eigenvalue weighted by molar-refractivity contribution is -0.123. The molecule has 3 heterocycles. The van der Waals surface area contributed by atoms with Crippen molar-refractivity contribution in [2.24, 2.45) is 18.4 Å². The Morgan fingerprint density at radius 2 is 1.97 bits per heavy atom. The largest absolute Gasteiger partial charge is 0.355 e. The summed E-state index contributed by atoms with van der Waals surface area (Å²) in [4.78, 5) is 32.4. The molecule has 2 aromatic heterocycles. The summed E-state index contributed by atoms with van der Waals surface area (Å²) >= 11 is 1.64. The molecule has 174 valence electrons. The molecule has 1 unspecified atom stereocenters. The molecule has 5 rings (SSSR count). The number of carbonyl (C=O) groups is 2. The van der Waals surface area contributed by atoms with Gasteiger partial charge in [0.1, 0.15) is 5.82 Å². The molecule has 1 saturated carbocycles. The zero-order valence-corrected chi connectivity index (χ0v) is 20.1. The van der Waals surface area contributed by atoms with Crippen molar-refractivity contribution in [2.75, 3.05) is 25.0 Å². The van der Waals surface area contributed by atoms with Crippen molar-refractivity contribution in [3.63, 3.8) is 0 Å². The van der Waals surface area contributed by atoms with Gasteiger partial charge >= 0.3 is 0 Å². The Hall–Kier alpha value is -2.71. The Kier molecular flexibility index (Phi) is 5.97. The van der Waals surface area contributed by atoms with E-state index in [2.05, 4.69) is 32.2 Å². The van der Waals surface area contributed by atoms with Crippen LogP contribution in [0.3, 0.4) is 0 Å². The number of piperidine rings is 1. The maximum atomic E-state index is 12.8. The van der Waals surface area contributed by atoms with Crippen LogP contribution < -0.4 is 10.6 Å². The SMILES string of the molecule is CC(=O)Nc1ccc(CN2CCC3(CC2)CC3C(=O)NCCc2nc3ccccc3n2C)s1. The molecule has 1 spiro atoms. The zero-order valence-electron chi connectivity index (χ0n) is 19.3. The number of thiophene rings is 1. The van der Waals surface area contributed by atoms with E-state index in [1.54, 1.807) is 11.3 Å². The van der Waals surface area contributed by atoms with E-state index < -0.39 is 0 Å². The molecule has 2 amide bonds. The third kappa shape index (κ3) is 4.68. The minimum Gasteiger partial charge on any atom is -0.355 e. The van der Waals surface area contributed by atoms with Gasteiger partial charge < -0.3 is 15.2 Å². The number of carbonyl (C=O) groups excluding carboxylic acids is 2. The molecule has 1 aromatic carbocycles. The first-order valence-electron chi connectivity index (χ1n) is 11.7. The first-order chi connectivity index (χ1) is 15.9. The number of aromatic nitrogens is 2. The second-order valence-corrected chi connectivity index (χ2v) is 10.6. The standard InChI is InChI=1S/C25H31N5O2S/c1-17(31)27-23-8-7-18(33-23)16-30-13-10-25(11-14-30)15-19(25)24(32)26-12-9-22-28-20-5-3-4-6-21(20)29(22)2/h3-8,19H,9-16H2,1-2H3,(H,26,32)(H,27,31). The Bertz CT molecular complexity index is 1170. The van der Waals surface area contributed by atoms with Gasteiger partial charge in [0.05, 0.1) is 16.0 Å². The molecule has 7 nitrogen and oxygen atoms in total. The van der Waals surface area contributed by atoms with Gasteiger partial charge in [-0.25, -0.2) is 4.98 Å². The first kappa shape index (κ1) is 22.1. The third-order valence-electron chi connectivity index (χ3n) is 7.23. The van der Waals surface area contributed by atoms with Gasteiger partial charge in [0.15, 0.2) is 0 Å². The number of para-hydroxylation sites is 2. The average Bonchev–Trinajstić information content (AvgIpc) is 3.16. The fourth-order valence-corrected chi connectivity index (χ4v) is 6.19. The van der Waals surface area contributed by atoms with E-state index in [9.17, 15) is 9.59 Å². The van der Waals surface area contributed by atoms with Crippen molar-refractivity contribution in [1.82, 2.24) is 19.8 Å². The Labute approximate surface area is 198 Å². The number of fused-ring (bicyclic) bond motifs is 1. The van der Waals surface area contributed by atoms with Crippen molar-refractivity contribution in [3.05, 3.63) is 47.1 Å². The van der Waals surface area contributed by atoms with Crippen molar-refractivity contribution in [3.8, 4) is 0 Å². The van der Waals surface area contributed by atoms with Gasteiger partial charge in [0.2, 0.25) is 11.8 Å². The average molecular weight is 466 g/mol. The van der Waals surface area contributed by atoms with Crippen LogP contribution >= 0.6 is 11.3 Å². The van der Waals surface area contributed by atoms with E-state index in [1.165, 1.54) is 11.8 Å². The van der Waals surface area contributed by atoms with E-state index in [4.69, 9.17) is 4.98 Å². The maximum Gasteiger partial charge on any atom is 0.223 e. The van der Waals surface area contributed by atoms with Crippen molar-refractivity contribution in [2.45, 2.75) is 39.2 Å². The number of imidazole rings is 1. The number of nitrogens with zero attached hydrogens (tertiary/aromatic N) is 3. The Morgan fingerprint density at radius 1 is 1.18 bits per heavy atom. The number of rotatable bonds is 7. The van der Waals surface area contributed by atoms with Gasteiger partial charge in [-0.3, -0.25) is 14.5 Å². The van der Waals surface area contributed by atoms with Gasteiger partial charge in [-0.15, -0.1) is 11.3 Å². The summed E-state index contributed by atoms with van der Waals surface area (Å²) in [7, 11) is 2.03. The topological polar surface area (TPSA) is 79.3 Å². The van der Waals surface area contributed by atoms with E-state index in [-0.39, 0.29) is 23.1 Å². The van der Waals surface area contributed by atoms with Crippen LogP contribution in [-0.4, -0.2) is 45.9 Å². The van der Waals surface area contributed by atoms with Crippen LogP contribution in [0.2, 0.25) is 0 Å². The van der Waals surface area contributed by atoms with Gasteiger partial charge in [0, 0.05) is 44.3 Å². The highest BCUT2D eigenvalue weighted by Crippen LogP contribution is 2.59. The molecule has 0 radical (unpaired) electrons. The maximum absolute atomic E-state index is 12.8. The number of anilines is 1. The summed E-state index contributed by atoms with van der Waals surface area (Å²) in [6.07, 6.45) is 3.93. The number of likely N-dealkylation sites (tertiary alicyclic amines) is 1. The molecule has 8 heteroatoms. The third-order valence-corrected chi connectivity index (χ3v) is 8.21. The lowest BCUT2D eigenvalue weighted by Crippen LogP contribution is -2.37. The van der Waals surface area contributed by atoms with Crippen molar-refractivity contribution < 1.29 is 9.59 Å². The molecule has 1 aliphatic heterocycles. The minimum atomic E-state index is -0.0327. The van der Waals surface area contributed by atoms with Crippen LogP contribution in [-0.2, 0) is 29.6 Å². The molecule has 1 saturated heterocycles. The summed E-state index contributed by atoms with van der Waals surface area (Å²) in [6, 6.07) is 12.2. The smallest absolute Gasteiger partial charge is 0.223 e. The quantitative estimate of drug-likeness (QED) is 0.559. The molecule has 1 aliphatic carbocycles. The molecular formula is C25H31N5O2S. The monoisotopic (exact) mass is 465 g/mol. The summed E-state index contributed by atoms with van der Waals surface area (Å²) in [5, 5.41) is 6.92. The first-order valence-corrected chi connectivity index (χ1v) is 12.5. The van der Waals surface area contributed by atoms with Crippen molar-refractivity contribution >= 4 is 39.2 Å². The number of hydrogen-bond acceptors (Lipinski definition) is 5. The number of aryl methyl sites for hydroxylation is 1. The lowest BCUT2D eigenvalue weighted by atomic mass is 9.90.